The number of anilines is 2. The second-order valence-electron chi connectivity index (χ2n) is 5.41. The van der Waals surface area contributed by atoms with Gasteiger partial charge in [0.1, 0.15) is 5.82 Å². The molecule has 2 bridgehead atoms. The summed E-state index contributed by atoms with van der Waals surface area (Å²) in [6.07, 6.45) is 5.47. The highest BCUT2D eigenvalue weighted by atomic mass is 15.3. The lowest BCUT2D eigenvalue weighted by Crippen LogP contribution is -2.35. The monoisotopic (exact) mass is 259 g/mol. The van der Waals surface area contributed by atoms with E-state index >= 15 is 0 Å². The number of fused-ring (bicyclic) bond motifs is 3. The quantitative estimate of drug-likeness (QED) is 0.680. The van der Waals surface area contributed by atoms with Crippen molar-refractivity contribution in [1.82, 2.24) is 25.5 Å². The maximum atomic E-state index is 5.79. The van der Waals surface area contributed by atoms with Gasteiger partial charge in [-0.05, 0) is 19.3 Å². The molecular formula is C12H17N7. The first kappa shape index (κ1) is 11.0. The Bertz CT molecular complexity index is 607. The third-order valence-electron chi connectivity index (χ3n) is 4.13. The summed E-state index contributed by atoms with van der Waals surface area (Å²) in [5.74, 6) is 1.21. The first-order chi connectivity index (χ1) is 9.29. The van der Waals surface area contributed by atoms with Crippen LogP contribution in [-0.2, 0) is 0 Å². The van der Waals surface area contributed by atoms with E-state index in [1.807, 2.05) is 0 Å². The van der Waals surface area contributed by atoms with Crippen LogP contribution in [-0.4, -0.2) is 45.3 Å². The maximum Gasteiger partial charge on any atom is 0.224 e. The van der Waals surface area contributed by atoms with E-state index in [0.717, 1.165) is 30.7 Å². The van der Waals surface area contributed by atoms with Gasteiger partial charge >= 0.3 is 0 Å². The molecule has 2 fully saturated rings. The Labute approximate surface area is 110 Å². The van der Waals surface area contributed by atoms with Crippen LogP contribution in [0.5, 0.6) is 0 Å². The van der Waals surface area contributed by atoms with Crippen molar-refractivity contribution < 1.29 is 0 Å². The molecule has 0 unspecified atom stereocenters. The van der Waals surface area contributed by atoms with Gasteiger partial charge in [-0.3, -0.25) is 5.10 Å². The highest BCUT2D eigenvalue weighted by Gasteiger charge is 2.30. The second-order valence-corrected chi connectivity index (χ2v) is 5.41. The van der Waals surface area contributed by atoms with Gasteiger partial charge in [0.15, 0.2) is 5.65 Å². The molecule has 4 heterocycles. The first-order valence-corrected chi connectivity index (χ1v) is 6.77. The summed E-state index contributed by atoms with van der Waals surface area (Å²) in [7, 11) is 0. The second kappa shape index (κ2) is 4.06. The Morgan fingerprint density at radius 2 is 2.11 bits per heavy atom. The fourth-order valence-electron chi connectivity index (χ4n) is 3.21. The minimum absolute atomic E-state index is 0.300. The molecule has 2 aromatic rings. The Kier molecular flexibility index (Phi) is 2.34. The van der Waals surface area contributed by atoms with Crippen LogP contribution in [0.2, 0.25) is 0 Å². The van der Waals surface area contributed by atoms with Crippen molar-refractivity contribution in [2.75, 3.05) is 23.7 Å². The fourth-order valence-corrected chi connectivity index (χ4v) is 3.21. The Morgan fingerprint density at radius 3 is 3.05 bits per heavy atom. The standard InChI is InChI=1S/C12H17N7/c13-12-16-10-9(5-14-18-10)11(17-12)19-4-3-7-1-2-8(6-19)15-7/h5,7-8,15H,1-4,6H2,(H3,13,14,16,17,18)/t7-,8+/m1/s1. The van der Waals surface area contributed by atoms with Gasteiger partial charge in [-0.25, -0.2) is 0 Å². The molecule has 2 saturated heterocycles. The van der Waals surface area contributed by atoms with Crippen LogP contribution in [0.15, 0.2) is 6.20 Å². The summed E-state index contributed by atoms with van der Waals surface area (Å²) in [4.78, 5) is 10.9. The molecule has 2 atom stereocenters. The van der Waals surface area contributed by atoms with Gasteiger partial charge in [0.2, 0.25) is 5.95 Å². The van der Waals surface area contributed by atoms with Crippen LogP contribution in [0.1, 0.15) is 19.3 Å². The van der Waals surface area contributed by atoms with Crippen molar-refractivity contribution in [2.45, 2.75) is 31.3 Å². The molecule has 2 aromatic heterocycles. The van der Waals surface area contributed by atoms with Crippen molar-refractivity contribution in [3.05, 3.63) is 6.20 Å². The van der Waals surface area contributed by atoms with Crippen LogP contribution in [0.25, 0.3) is 11.0 Å². The SMILES string of the molecule is Nc1nc(N2CC[C@H]3CC[C@@H](C2)N3)c2cn[nH]c2n1. The van der Waals surface area contributed by atoms with Gasteiger partial charge in [0.25, 0.3) is 0 Å². The molecular weight excluding hydrogens is 242 g/mol. The Hall–Kier alpha value is -1.89. The van der Waals surface area contributed by atoms with Gasteiger partial charge in [0, 0.05) is 25.2 Å². The third-order valence-corrected chi connectivity index (χ3v) is 4.13. The molecule has 0 aliphatic carbocycles. The van der Waals surface area contributed by atoms with E-state index < -0.39 is 0 Å². The molecule has 2 aliphatic rings. The van der Waals surface area contributed by atoms with Crippen molar-refractivity contribution in [3.8, 4) is 0 Å². The van der Waals surface area contributed by atoms with E-state index in [0.29, 0.717) is 23.7 Å². The number of aromatic amines is 1. The topological polar surface area (TPSA) is 95.7 Å². The maximum absolute atomic E-state index is 5.79. The average molecular weight is 259 g/mol. The molecule has 0 amide bonds. The average Bonchev–Trinajstić information content (AvgIpc) is 2.95. The lowest BCUT2D eigenvalue weighted by Gasteiger charge is -2.25. The molecule has 0 spiro atoms. The largest absolute Gasteiger partial charge is 0.368 e. The van der Waals surface area contributed by atoms with Crippen LogP contribution < -0.4 is 16.0 Å². The van der Waals surface area contributed by atoms with E-state index in [2.05, 4.69) is 30.4 Å². The van der Waals surface area contributed by atoms with Crippen LogP contribution in [0.3, 0.4) is 0 Å². The number of nitrogens with one attached hydrogen (secondary N) is 2. The highest BCUT2D eigenvalue weighted by Crippen LogP contribution is 2.28. The Morgan fingerprint density at radius 1 is 1.21 bits per heavy atom. The van der Waals surface area contributed by atoms with Crippen molar-refractivity contribution in [2.24, 2.45) is 0 Å². The van der Waals surface area contributed by atoms with Gasteiger partial charge in [-0.2, -0.15) is 15.1 Å². The lowest BCUT2D eigenvalue weighted by molar-refractivity contribution is 0.563. The smallest absolute Gasteiger partial charge is 0.224 e. The number of nitrogens with two attached hydrogens (primary N) is 1. The van der Waals surface area contributed by atoms with E-state index in [1.54, 1.807) is 6.20 Å². The van der Waals surface area contributed by atoms with Crippen molar-refractivity contribution in [1.29, 1.82) is 0 Å². The number of hydrogen-bond acceptors (Lipinski definition) is 6. The molecule has 100 valence electrons. The molecule has 0 saturated carbocycles. The summed E-state index contributed by atoms with van der Waals surface area (Å²) >= 11 is 0. The predicted octanol–water partition coefficient (Wildman–Crippen LogP) is 0.266. The van der Waals surface area contributed by atoms with E-state index in [1.165, 1.54) is 12.8 Å². The summed E-state index contributed by atoms with van der Waals surface area (Å²) < 4.78 is 0. The zero-order chi connectivity index (χ0) is 12.8. The fraction of sp³-hybridized carbons (Fsp3) is 0.583. The Balaban J connectivity index is 1.75. The molecule has 7 nitrogen and oxygen atoms in total. The van der Waals surface area contributed by atoms with E-state index in [9.17, 15) is 0 Å². The minimum Gasteiger partial charge on any atom is -0.368 e. The zero-order valence-electron chi connectivity index (χ0n) is 10.6. The number of nitrogen functional groups attached to an aromatic ring is 1. The highest BCUT2D eigenvalue weighted by molar-refractivity contribution is 5.87. The molecule has 2 aliphatic heterocycles. The molecule has 4 rings (SSSR count). The number of nitrogens with zero attached hydrogens (tertiary/aromatic N) is 4. The third kappa shape index (κ3) is 1.81. The van der Waals surface area contributed by atoms with Gasteiger partial charge in [-0.15, -0.1) is 0 Å². The molecule has 0 aromatic carbocycles. The normalized spacial score (nSPS) is 26.8. The van der Waals surface area contributed by atoms with Crippen LogP contribution in [0.4, 0.5) is 11.8 Å². The molecule has 0 radical (unpaired) electrons. The zero-order valence-corrected chi connectivity index (χ0v) is 10.6. The van der Waals surface area contributed by atoms with Gasteiger partial charge in [0.05, 0.1) is 11.6 Å². The lowest BCUT2D eigenvalue weighted by atomic mass is 10.1. The summed E-state index contributed by atoms with van der Waals surface area (Å²) in [6.45, 7) is 1.98. The first-order valence-electron chi connectivity index (χ1n) is 6.77. The predicted molar refractivity (Wildman–Crippen MR) is 72.9 cm³/mol. The van der Waals surface area contributed by atoms with Crippen molar-refractivity contribution >= 4 is 22.8 Å². The van der Waals surface area contributed by atoms with Gasteiger partial charge < -0.3 is 16.0 Å². The summed E-state index contributed by atoms with van der Waals surface area (Å²) in [6, 6.07) is 1.22. The molecule has 4 N–H and O–H groups in total. The molecule has 7 heteroatoms. The number of H-pyrrole nitrogens is 1. The van der Waals surface area contributed by atoms with E-state index in [4.69, 9.17) is 5.73 Å². The van der Waals surface area contributed by atoms with Crippen LogP contribution in [0, 0.1) is 0 Å². The number of hydrogen-bond donors (Lipinski definition) is 3. The van der Waals surface area contributed by atoms with Gasteiger partial charge in [-0.1, -0.05) is 0 Å². The van der Waals surface area contributed by atoms with E-state index in [-0.39, 0.29) is 0 Å². The summed E-state index contributed by atoms with van der Waals surface area (Å²) in [5, 5.41) is 11.5. The van der Waals surface area contributed by atoms with Crippen LogP contribution >= 0.6 is 0 Å². The summed E-state index contributed by atoms with van der Waals surface area (Å²) in [5.41, 5.74) is 6.51. The molecule has 19 heavy (non-hydrogen) atoms. The number of rotatable bonds is 1. The van der Waals surface area contributed by atoms with Crippen molar-refractivity contribution in [3.63, 3.8) is 0 Å². The minimum atomic E-state index is 0.300. The number of aromatic nitrogens is 4.